The highest BCUT2D eigenvalue weighted by Crippen LogP contribution is 2.52. The van der Waals surface area contributed by atoms with Gasteiger partial charge in [-0.1, -0.05) is 30.3 Å². The van der Waals surface area contributed by atoms with Crippen LogP contribution in [0.2, 0.25) is 0 Å². The highest BCUT2D eigenvalue weighted by atomic mass is 32.2. The monoisotopic (exact) mass is 400 g/mol. The van der Waals surface area contributed by atoms with E-state index >= 15 is 0 Å². The molecule has 2 bridgehead atoms. The molecule has 1 aromatic carbocycles. The SMILES string of the molecule is C[C@H]([C@H]1C[C@@H]2CC[C@@H]1C2)n1c(COc2ccccc2F)nnc1SCCC#N. The Morgan fingerprint density at radius 2 is 2.18 bits per heavy atom. The van der Waals surface area contributed by atoms with Gasteiger partial charge in [-0.05, 0) is 56.1 Å². The fourth-order valence-corrected chi connectivity index (χ4v) is 5.77. The first-order valence-electron chi connectivity index (χ1n) is 9.98. The molecule has 2 aliphatic carbocycles. The van der Waals surface area contributed by atoms with E-state index in [1.807, 2.05) is 0 Å². The van der Waals surface area contributed by atoms with Gasteiger partial charge < -0.3 is 4.74 Å². The summed E-state index contributed by atoms with van der Waals surface area (Å²) in [7, 11) is 0. The summed E-state index contributed by atoms with van der Waals surface area (Å²) >= 11 is 1.56. The van der Waals surface area contributed by atoms with Crippen molar-refractivity contribution in [3.8, 4) is 11.8 Å². The first-order chi connectivity index (χ1) is 13.7. The van der Waals surface area contributed by atoms with Crippen molar-refractivity contribution in [3.05, 3.63) is 35.9 Å². The van der Waals surface area contributed by atoms with Gasteiger partial charge in [0.2, 0.25) is 0 Å². The quantitative estimate of drug-likeness (QED) is 0.461. The predicted octanol–water partition coefficient (Wildman–Crippen LogP) is 5.00. The Balaban J connectivity index is 1.55. The van der Waals surface area contributed by atoms with Crippen molar-refractivity contribution in [2.45, 2.75) is 56.8 Å². The summed E-state index contributed by atoms with van der Waals surface area (Å²) < 4.78 is 21.8. The second-order valence-electron chi connectivity index (χ2n) is 7.82. The van der Waals surface area contributed by atoms with Crippen LogP contribution in [-0.4, -0.2) is 20.5 Å². The molecule has 148 valence electrons. The summed E-state index contributed by atoms with van der Waals surface area (Å²) in [5.74, 6) is 3.52. The summed E-state index contributed by atoms with van der Waals surface area (Å²) in [5, 5.41) is 18.4. The first kappa shape index (κ1) is 19.3. The maximum absolute atomic E-state index is 13.9. The number of ether oxygens (including phenoxy) is 1. The lowest BCUT2D eigenvalue weighted by molar-refractivity contribution is 0.215. The Morgan fingerprint density at radius 1 is 1.32 bits per heavy atom. The van der Waals surface area contributed by atoms with Crippen molar-refractivity contribution in [3.63, 3.8) is 0 Å². The van der Waals surface area contributed by atoms with Crippen LogP contribution in [0.15, 0.2) is 29.4 Å². The van der Waals surface area contributed by atoms with Crippen molar-refractivity contribution in [1.29, 1.82) is 5.26 Å². The minimum atomic E-state index is -0.377. The van der Waals surface area contributed by atoms with Crippen molar-refractivity contribution in [2.24, 2.45) is 17.8 Å². The molecule has 0 saturated heterocycles. The van der Waals surface area contributed by atoms with Crippen LogP contribution >= 0.6 is 11.8 Å². The zero-order chi connectivity index (χ0) is 19.5. The van der Waals surface area contributed by atoms with Gasteiger partial charge in [-0.25, -0.2) is 4.39 Å². The second kappa shape index (κ2) is 8.52. The lowest BCUT2D eigenvalue weighted by Gasteiger charge is -2.30. The molecule has 2 fully saturated rings. The maximum Gasteiger partial charge on any atom is 0.191 e. The fraction of sp³-hybridized carbons (Fsp3) is 0.571. The Hall–Kier alpha value is -2.07. The third-order valence-corrected chi connectivity index (χ3v) is 7.14. The lowest BCUT2D eigenvalue weighted by Crippen LogP contribution is -2.24. The van der Waals surface area contributed by atoms with E-state index in [9.17, 15) is 4.39 Å². The van der Waals surface area contributed by atoms with Crippen LogP contribution in [0.5, 0.6) is 5.75 Å². The van der Waals surface area contributed by atoms with E-state index in [4.69, 9.17) is 10.00 Å². The molecule has 0 N–H and O–H groups in total. The highest BCUT2D eigenvalue weighted by Gasteiger charge is 2.43. The highest BCUT2D eigenvalue weighted by molar-refractivity contribution is 7.99. The Morgan fingerprint density at radius 3 is 2.89 bits per heavy atom. The van der Waals surface area contributed by atoms with Crippen LogP contribution < -0.4 is 4.74 Å². The third-order valence-electron chi connectivity index (χ3n) is 6.19. The van der Waals surface area contributed by atoms with Gasteiger partial charge in [0.1, 0.15) is 6.61 Å². The van der Waals surface area contributed by atoms with E-state index in [1.165, 1.54) is 31.7 Å². The summed E-state index contributed by atoms with van der Waals surface area (Å²) in [6.45, 7) is 2.42. The summed E-state index contributed by atoms with van der Waals surface area (Å²) in [6, 6.07) is 8.86. The van der Waals surface area contributed by atoms with E-state index in [0.29, 0.717) is 18.1 Å². The molecule has 0 spiro atoms. The number of hydrogen-bond acceptors (Lipinski definition) is 5. The molecule has 2 aromatic rings. The number of nitriles is 1. The number of para-hydroxylation sites is 1. The lowest BCUT2D eigenvalue weighted by atomic mass is 9.84. The predicted molar refractivity (Wildman–Crippen MR) is 105 cm³/mol. The Kier molecular flexibility index (Phi) is 5.86. The number of rotatable bonds is 8. The van der Waals surface area contributed by atoms with Gasteiger partial charge in [-0.15, -0.1) is 10.2 Å². The topological polar surface area (TPSA) is 63.7 Å². The summed E-state index contributed by atoms with van der Waals surface area (Å²) in [4.78, 5) is 0. The van der Waals surface area contributed by atoms with E-state index in [0.717, 1.165) is 22.8 Å². The van der Waals surface area contributed by atoms with E-state index in [1.54, 1.807) is 30.0 Å². The maximum atomic E-state index is 13.9. The number of thioether (sulfide) groups is 1. The van der Waals surface area contributed by atoms with Crippen molar-refractivity contribution < 1.29 is 9.13 Å². The number of nitrogens with zero attached hydrogens (tertiary/aromatic N) is 4. The minimum Gasteiger partial charge on any atom is -0.483 e. The van der Waals surface area contributed by atoms with E-state index in [-0.39, 0.29) is 24.2 Å². The molecule has 1 aromatic heterocycles. The van der Waals surface area contributed by atoms with Crippen LogP contribution in [0.3, 0.4) is 0 Å². The number of halogens is 1. The fourth-order valence-electron chi connectivity index (χ4n) is 4.88. The molecule has 1 heterocycles. The summed E-state index contributed by atoms with van der Waals surface area (Å²) in [5.41, 5.74) is 0. The van der Waals surface area contributed by atoms with Gasteiger partial charge in [0.15, 0.2) is 22.5 Å². The molecule has 0 radical (unpaired) electrons. The molecule has 2 saturated carbocycles. The van der Waals surface area contributed by atoms with Gasteiger partial charge in [0.25, 0.3) is 0 Å². The molecule has 2 aliphatic rings. The van der Waals surface area contributed by atoms with Crippen LogP contribution in [0.25, 0.3) is 0 Å². The number of aromatic nitrogens is 3. The van der Waals surface area contributed by atoms with E-state index < -0.39 is 0 Å². The molecular weight excluding hydrogens is 375 g/mol. The van der Waals surface area contributed by atoms with Gasteiger partial charge >= 0.3 is 0 Å². The largest absolute Gasteiger partial charge is 0.483 e. The standard InChI is InChI=1S/C21H25FN4OS/c1-14(17-12-15-7-8-16(17)11-15)26-20(24-25-21(26)28-10-4-9-23)13-27-19-6-3-2-5-18(19)22/h2-3,5-6,14-17H,4,7-8,10-13H2,1H3/t14-,15-,16-,17-/m1/s1. The molecule has 0 amide bonds. The van der Waals surface area contributed by atoms with Crippen LogP contribution in [0, 0.1) is 34.9 Å². The second-order valence-corrected chi connectivity index (χ2v) is 8.89. The zero-order valence-electron chi connectivity index (χ0n) is 16.1. The zero-order valence-corrected chi connectivity index (χ0v) is 16.9. The summed E-state index contributed by atoms with van der Waals surface area (Å²) in [6.07, 6.45) is 5.76. The molecule has 0 aliphatic heterocycles. The van der Waals surface area contributed by atoms with Crippen LogP contribution in [0.4, 0.5) is 4.39 Å². The van der Waals surface area contributed by atoms with Crippen molar-refractivity contribution in [1.82, 2.24) is 14.8 Å². The number of fused-ring (bicyclic) bond motifs is 2. The van der Waals surface area contributed by atoms with Crippen LogP contribution in [-0.2, 0) is 6.61 Å². The Labute approximate surface area is 169 Å². The molecule has 0 unspecified atom stereocenters. The van der Waals surface area contributed by atoms with Gasteiger partial charge in [0, 0.05) is 18.2 Å². The first-order valence-corrected chi connectivity index (χ1v) is 11.0. The van der Waals surface area contributed by atoms with Gasteiger partial charge in [-0.3, -0.25) is 4.57 Å². The van der Waals surface area contributed by atoms with Crippen molar-refractivity contribution >= 4 is 11.8 Å². The van der Waals surface area contributed by atoms with Crippen LogP contribution in [0.1, 0.15) is 50.9 Å². The average Bonchev–Trinajstić information content (AvgIpc) is 3.43. The molecule has 28 heavy (non-hydrogen) atoms. The van der Waals surface area contributed by atoms with E-state index in [2.05, 4.69) is 27.8 Å². The van der Waals surface area contributed by atoms with Gasteiger partial charge in [0.05, 0.1) is 6.07 Å². The Bertz CT molecular complexity index is 864. The molecule has 4 atom stereocenters. The minimum absolute atomic E-state index is 0.178. The normalized spacial score (nSPS) is 24.2. The number of hydrogen-bond donors (Lipinski definition) is 0. The van der Waals surface area contributed by atoms with Gasteiger partial charge in [-0.2, -0.15) is 5.26 Å². The number of benzene rings is 1. The smallest absolute Gasteiger partial charge is 0.191 e. The molecule has 5 nitrogen and oxygen atoms in total. The van der Waals surface area contributed by atoms with Crippen molar-refractivity contribution in [2.75, 3.05) is 5.75 Å². The molecule has 7 heteroatoms. The molecular formula is C21H25FN4OS. The third kappa shape index (κ3) is 3.88. The average molecular weight is 401 g/mol. The molecule has 4 rings (SSSR count).